The Balaban J connectivity index is 1.65. The monoisotopic (exact) mass is 390 g/mol. The number of pyridine rings is 1. The van der Waals surface area contributed by atoms with Gasteiger partial charge in [0.25, 0.3) is 5.91 Å². The van der Waals surface area contributed by atoms with E-state index >= 15 is 0 Å². The van der Waals surface area contributed by atoms with Gasteiger partial charge in [-0.2, -0.15) is 0 Å². The van der Waals surface area contributed by atoms with Gasteiger partial charge >= 0.3 is 0 Å². The van der Waals surface area contributed by atoms with Crippen LogP contribution in [0.1, 0.15) is 22.8 Å². The van der Waals surface area contributed by atoms with Gasteiger partial charge in [-0.15, -0.1) is 0 Å². The number of methoxy groups -OCH3 is 1. The van der Waals surface area contributed by atoms with Crippen LogP contribution in [0.2, 0.25) is 0 Å². The number of para-hydroxylation sites is 1. The highest BCUT2D eigenvalue weighted by Gasteiger charge is 2.28. The summed E-state index contributed by atoms with van der Waals surface area (Å²) in [5.41, 5.74) is 2.64. The highest BCUT2D eigenvalue weighted by molar-refractivity contribution is 5.82. The average Bonchev–Trinajstić information content (AvgIpc) is 3.25. The number of rotatable bonds is 7. The van der Waals surface area contributed by atoms with Crippen molar-refractivity contribution in [3.63, 3.8) is 0 Å². The third-order valence-electron chi connectivity index (χ3n) is 4.81. The third-order valence-corrected chi connectivity index (χ3v) is 4.81. The molecule has 0 saturated heterocycles. The van der Waals surface area contributed by atoms with Gasteiger partial charge < -0.3 is 19.1 Å². The Morgan fingerprint density at radius 3 is 2.69 bits per heavy atom. The van der Waals surface area contributed by atoms with E-state index in [0.717, 1.165) is 16.7 Å². The highest BCUT2D eigenvalue weighted by atomic mass is 16.7. The number of benzene rings is 2. The first-order chi connectivity index (χ1) is 14.3. The lowest BCUT2D eigenvalue weighted by Gasteiger charge is -2.27. The smallest absolute Gasteiger partial charge is 0.256 e. The molecule has 3 aromatic rings. The van der Waals surface area contributed by atoms with Gasteiger partial charge in [0.2, 0.25) is 6.79 Å². The van der Waals surface area contributed by atoms with Gasteiger partial charge in [0.1, 0.15) is 0 Å². The summed E-state index contributed by atoms with van der Waals surface area (Å²) >= 11 is 0. The second-order valence-electron chi connectivity index (χ2n) is 6.73. The van der Waals surface area contributed by atoms with Crippen molar-refractivity contribution in [2.75, 3.05) is 13.9 Å². The molecular formula is C23H22N2O4. The normalized spacial score (nSPS) is 13.1. The molecular weight excluding hydrogens is 368 g/mol. The number of ether oxygens (including phenoxy) is 3. The summed E-state index contributed by atoms with van der Waals surface area (Å²) in [5, 5.41) is 0. The number of hydrogen-bond acceptors (Lipinski definition) is 5. The molecule has 0 unspecified atom stereocenters. The van der Waals surface area contributed by atoms with E-state index in [9.17, 15) is 4.79 Å². The van der Waals surface area contributed by atoms with Crippen molar-refractivity contribution in [1.82, 2.24) is 9.88 Å². The second-order valence-corrected chi connectivity index (χ2v) is 6.73. The maximum atomic E-state index is 13.5. The number of nitrogens with zero attached hydrogens (tertiary/aromatic N) is 2. The van der Waals surface area contributed by atoms with Crippen molar-refractivity contribution in [1.29, 1.82) is 0 Å². The summed E-state index contributed by atoms with van der Waals surface area (Å²) in [5.74, 6) is 1.26. The van der Waals surface area contributed by atoms with E-state index in [2.05, 4.69) is 4.98 Å². The molecule has 1 aliphatic heterocycles. The number of hydrogen-bond donors (Lipinski definition) is 0. The molecule has 0 spiro atoms. The number of aromatic nitrogens is 1. The van der Waals surface area contributed by atoms with Crippen LogP contribution in [0.5, 0.6) is 11.5 Å². The third kappa shape index (κ3) is 4.22. The van der Waals surface area contributed by atoms with E-state index < -0.39 is 6.10 Å². The van der Waals surface area contributed by atoms with Gasteiger partial charge in [0, 0.05) is 38.2 Å². The molecule has 6 nitrogen and oxygen atoms in total. The topological polar surface area (TPSA) is 60.9 Å². The predicted molar refractivity (Wildman–Crippen MR) is 107 cm³/mol. The fourth-order valence-electron chi connectivity index (χ4n) is 3.42. The second kappa shape index (κ2) is 8.75. The zero-order valence-corrected chi connectivity index (χ0v) is 16.2. The number of carbonyl (C=O) groups excluding carboxylic acids is 1. The Morgan fingerprint density at radius 1 is 1.07 bits per heavy atom. The molecule has 0 bridgehead atoms. The van der Waals surface area contributed by atoms with Crippen LogP contribution in [0.25, 0.3) is 0 Å². The quantitative estimate of drug-likeness (QED) is 0.615. The minimum Gasteiger partial charge on any atom is -0.454 e. The molecule has 0 N–H and O–H groups in total. The number of amides is 1. The molecule has 0 radical (unpaired) electrons. The van der Waals surface area contributed by atoms with Crippen LogP contribution < -0.4 is 9.47 Å². The molecule has 0 saturated carbocycles. The minimum absolute atomic E-state index is 0.126. The number of fused-ring (bicyclic) bond motifs is 1. The molecule has 6 heteroatoms. The van der Waals surface area contributed by atoms with Crippen molar-refractivity contribution in [2.45, 2.75) is 19.2 Å². The van der Waals surface area contributed by atoms with E-state index in [1.54, 1.807) is 24.4 Å². The molecule has 1 aliphatic rings. The summed E-state index contributed by atoms with van der Waals surface area (Å²) < 4.78 is 16.7. The predicted octanol–water partition coefficient (Wildman–Crippen LogP) is 3.73. The van der Waals surface area contributed by atoms with Crippen molar-refractivity contribution < 1.29 is 19.0 Å². The van der Waals surface area contributed by atoms with Crippen LogP contribution in [0.15, 0.2) is 73.1 Å². The lowest BCUT2D eigenvalue weighted by atomic mass is 10.1. The lowest BCUT2D eigenvalue weighted by molar-refractivity contribution is -0.143. The zero-order valence-electron chi connectivity index (χ0n) is 16.2. The van der Waals surface area contributed by atoms with Crippen molar-refractivity contribution in [3.05, 3.63) is 89.7 Å². The van der Waals surface area contributed by atoms with E-state index in [4.69, 9.17) is 14.2 Å². The van der Waals surface area contributed by atoms with Crippen LogP contribution in [0.3, 0.4) is 0 Å². The van der Waals surface area contributed by atoms with Gasteiger partial charge in [-0.25, -0.2) is 0 Å². The Hall–Kier alpha value is -3.38. The van der Waals surface area contributed by atoms with Gasteiger partial charge in [-0.3, -0.25) is 9.78 Å². The highest BCUT2D eigenvalue weighted by Crippen LogP contribution is 2.36. The number of carbonyl (C=O) groups is 1. The van der Waals surface area contributed by atoms with Crippen molar-refractivity contribution in [3.8, 4) is 11.5 Å². The molecule has 148 valence electrons. The minimum atomic E-state index is -0.693. The zero-order chi connectivity index (χ0) is 20.1. The standard InChI is InChI=1S/C23H22N2O4/c1-27-22(18-8-3-2-4-9-18)23(26)25(14-17-7-6-12-24-13-17)15-19-10-5-11-20-21(19)29-16-28-20/h2-13,22H,14-16H2,1H3/t22-/m0/s1. The molecule has 1 aromatic heterocycles. The molecule has 0 aliphatic carbocycles. The Morgan fingerprint density at radius 2 is 1.93 bits per heavy atom. The van der Waals surface area contributed by atoms with Crippen LogP contribution in [-0.2, 0) is 22.6 Å². The Labute approximate surface area is 169 Å². The fraction of sp³-hybridized carbons (Fsp3) is 0.217. The first-order valence-electron chi connectivity index (χ1n) is 9.39. The summed E-state index contributed by atoms with van der Waals surface area (Å²) in [6.07, 6.45) is 2.79. The molecule has 1 amide bonds. The van der Waals surface area contributed by atoms with Crippen LogP contribution in [0.4, 0.5) is 0 Å². The maximum Gasteiger partial charge on any atom is 0.256 e. The van der Waals surface area contributed by atoms with Crippen LogP contribution in [0, 0.1) is 0 Å². The van der Waals surface area contributed by atoms with Gasteiger partial charge in [0.05, 0.1) is 0 Å². The maximum absolute atomic E-state index is 13.5. The van der Waals surface area contributed by atoms with Crippen molar-refractivity contribution in [2.24, 2.45) is 0 Å². The fourth-order valence-corrected chi connectivity index (χ4v) is 3.42. The van der Waals surface area contributed by atoms with Crippen molar-refractivity contribution >= 4 is 5.91 Å². The molecule has 0 fully saturated rings. The van der Waals surface area contributed by atoms with E-state index in [1.807, 2.05) is 60.7 Å². The summed E-state index contributed by atoms with van der Waals surface area (Å²) in [6.45, 7) is 0.963. The van der Waals surface area contributed by atoms with E-state index in [1.165, 1.54) is 0 Å². The van der Waals surface area contributed by atoms with E-state index in [-0.39, 0.29) is 12.7 Å². The molecule has 1 atom stereocenters. The summed E-state index contributed by atoms with van der Waals surface area (Å²) in [6, 6.07) is 19.0. The summed E-state index contributed by atoms with van der Waals surface area (Å²) in [4.78, 5) is 19.4. The Bertz CT molecular complexity index is 963. The first-order valence-corrected chi connectivity index (χ1v) is 9.39. The SMILES string of the molecule is CO[C@H](C(=O)N(Cc1cccnc1)Cc1cccc2c1OCO2)c1ccccc1. The average molecular weight is 390 g/mol. The Kier molecular flexibility index (Phi) is 5.72. The van der Waals surface area contributed by atoms with Crippen LogP contribution >= 0.6 is 0 Å². The lowest BCUT2D eigenvalue weighted by Crippen LogP contribution is -2.35. The first kappa shape index (κ1) is 19.0. The van der Waals surface area contributed by atoms with Gasteiger partial charge in [-0.1, -0.05) is 48.5 Å². The molecule has 4 rings (SSSR count). The molecule has 29 heavy (non-hydrogen) atoms. The van der Waals surface area contributed by atoms with Gasteiger partial charge in [0.15, 0.2) is 17.6 Å². The largest absolute Gasteiger partial charge is 0.454 e. The van der Waals surface area contributed by atoms with E-state index in [0.29, 0.717) is 24.6 Å². The molecule has 2 aromatic carbocycles. The molecule has 2 heterocycles. The summed E-state index contributed by atoms with van der Waals surface area (Å²) in [7, 11) is 1.55. The van der Waals surface area contributed by atoms with Gasteiger partial charge in [-0.05, 0) is 23.3 Å². The van der Waals surface area contributed by atoms with Crippen LogP contribution in [-0.4, -0.2) is 29.7 Å².